The monoisotopic (exact) mass is 237 g/mol. The fourth-order valence-corrected chi connectivity index (χ4v) is 2.26. The second-order valence-corrected chi connectivity index (χ2v) is 4.55. The number of carbonyl (C=O) groups is 1. The van der Waals surface area contributed by atoms with Gasteiger partial charge in [0.2, 0.25) is 0 Å². The third-order valence-electron chi connectivity index (χ3n) is 3.06. The number of hydrogen-bond donors (Lipinski definition) is 1. The predicted molar refractivity (Wildman–Crippen MR) is 65.7 cm³/mol. The zero-order valence-corrected chi connectivity index (χ0v) is 9.96. The van der Waals surface area contributed by atoms with Gasteiger partial charge in [0.25, 0.3) is 5.91 Å². The average molecular weight is 238 g/mol. The smallest absolute Gasteiger partial charge is 0.251 e. The van der Waals surface area contributed by atoms with Crippen LogP contribution in [0.1, 0.15) is 41.6 Å². The van der Waals surface area contributed by atoms with E-state index >= 15 is 0 Å². The highest BCUT2D eigenvalue weighted by Gasteiger charge is 2.17. The van der Waals surface area contributed by atoms with Crippen LogP contribution in [-0.4, -0.2) is 11.9 Å². The van der Waals surface area contributed by atoms with E-state index in [0.29, 0.717) is 11.9 Å². The summed E-state index contributed by atoms with van der Waals surface area (Å²) in [6, 6.07) is 7.84. The summed E-state index contributed by atoms with van der Waals surface area (Å²) < 4.78 is 0. The lowest BCUT2D eigenvalue weighted by molar-refractivity contribution is 0.0938. The van der Waals surface area contributed by atoms with Crippen LogP contribution >= 0.6 is 11.6 Å². The molecule has 0 heterocycles. The summed E-state index contributed by atoms with van der Waals surface area (Å²) in [5.41, 5.74) is 1.76. The number of benzene rings is 1. The van der Waals surface area contributed by atoms with Gasteiger partial charge >= 0.3 is 0 Å². The number of nitrogens with one attached hydrogen (secondary N) is 1. The number of amides is 1. The van der Waals surface area contributed by atoms with Crippen molar-refractivity contribution in [2.24, 2.45) is 0 Å². The van der Waals surface area contributed by atoms with Crippen molar-refractivity contribution in [1.82, 2.24) is 5.32 Å². The largest absolute Gasteiger partial charge is 0.349 e. The number of halogens is 1. The van der Waals surface area contributed by atoms with E-state index in [-0.39, 0.29) is 5.91 Å². The molecule has 0 saturated heterocycles. The first-order valence-electron chi connectivity index (χ1n) is 5.75. The molecule has 1 aromatic rings. The molecule has 1 aliphatic carbocycles. The zero-order chi connectivity index (χ0) is 11.4. The minimum absolute atomic E-state index is 0.0352. The van der Waals surface area contributed by atoms with Crippen LogP contribution in [0.5, 0.6) is 0 Å². The second kappa shape index (κ2) is 5.35. The summed E-state index contributed by atoms with van der Waals surface area (Å²) in [5.74, 6) is 0.526. The van der Waals surface area contributed by atoms with Crippen molar-refractivity contribution in [3.63, 3.8) is 0 Å². The van der Waals surface area contributed by atoms with Gasteiger partial charge in [-0.2, -0.15) is 0 Å². The SMILES string of the molecule is O=C(NC1CCCC1)c1ccc(CCl)cc1. The van der Waals surface area contributed by atoms with Gasteiger partial charge in [-0.15, -0.1) is 11.6 Å². The molecule has 0 bridgehead atoms. The lowest BCUT2D eigenvalue weighted by atomic mass is 10.1. The molecule has 3 heteroatoms. The van der Waals surface area contributed by atoms with Gasteiger partial charge in [0, 0.05) is 17.5 Å². The lowest BCUT2D eigenvalue weighted by Gasteiger charge is -2.11. The first-order chi connectivity index (χ1) is 7.79. The van der Waals surface area contributed by atoms with Crippen LogP contribution in [0.25, 0.3) is 0 Å². The van der Waals surface area contributed by atoms with E-state index in [0.717, 1.165) is 24.0 Å². The molecule has 1 saturated carbocycles. The Morgan fingerprint density at radius 3 is 2.44 bits per heavy atom. The molecule has 0 radical (unpaired) electrons. The highest BCUT2D eigenvalue weighted by atomic mass is 35.5. The normalized spacial score (nSPS) is 16.3. The second-order valence-electron chi connectivity index (χ2n) is 4.29. The Balaban J connectivity index is 1.97. The standard InChI is InChI=1S/C13H16ClNO/c14-9-10-5-7-11(8-6-10)13(16)15-12-3-1-2-4-12/h5-8,12H,1-4,9H2,(H,15,16). The van der Waals surface area contributed by atoms with Crippen molar-refractivity contribution < 1.29 is 4.79 Å². The molecule has 0 unspecified atom stereocenters. The molecule has 1 aromatic carbocycles. The van der Waals surface area contributed by atoms with Gasteiger partial charge in [-0.3, -0.25) is 4.79 Å². The quantitative estimate of drug-likeness (QED) is 0.805. The van der Waals surface area contributed by atoms with Crippen LogP contribution in [0.3, 0.4) is 0 Å². The van der Waals surface area contributed by atoms with E-state index in [4.69, 9.17) is 11.6 Å². The van der Waals surface area contributed by atoms with E-state index in [1.165, 1.54) is 12.8 Å². The van der Waals surface area contributed by atoms with Gasteiger partial charge < -0.3 is 5.32 Å². The number of alkyl halides is 1. The molecule has 1 aliphatic rings. The molecule has 0 aromatic heterocycles. The van der Waals surface area contributed by atoms with Gasteiger partial charge in [-0.05, 0) is 30.5 Å². The summed E-state index contributed by atoms with van der Waals surface area (Å²) >= 11 is 5.70. The summed E-state index contributed by atoms with van der Waals surface area (Å²) in [6.45, 7) is 0. The van der Waals surface area contributed by atoms with Crippen LogP contribution in [0.15, 0.2) is 24.3 Å². The maximum atomic E-state index is 11.9. The van der Waals surface area contributed by atoms with Gasteiger partial charge in [-0.25, -0.2) is 0 Å². The van der Waals surface area contributed by atoms with E-state index in [2.05, 4.69) is 5.32 Å². The maximum Gasteiger partial charge on any atom is 0.251 e. The molecular formula is C13H16ClNO. The Bertz CT molecular complexity index is 355. The Morgan fingerprint density at radius 1 is 1.25 bits per heavy atom. The number of rotatable bonds is 3. The molecule has 2 rings (SSSR count). The third kappa shape index (κ3) is 2.76. The average Bonchev–Trinajstić information content (AvgIpc) is 2.82. The van der Waals surface area contributed by atoms with Gasteiger partial charge in [0.1, 0.15) is 0 Å². The fraction of sp³-hybridized carbons (Fsp3) is 0.462. The molecule has 0 aliphatic heterocycles. The minimum Gasteiger partial charge on any atom is -0.349 e. The molecule has 16 heavy (non-hydrogen) atoms. The van der Waals surface area contributed by atoms with Crippen LogP contribution in [-0.2, 0) is 5.88 Å². The van der Waals surface area contributed by atoms with Crippen molar-refractivity contribution in [2.75, 3.05) is 0 Å². The molecular weight excluding hydrogens is 222 g/mol. The fourth-order valence-electron chi connectivity index (χ4n) is 2.08. The predicted octanol–water partition coefficient (Wildman–Crippen LogP) is 3.10. The van der Waals surface area contributed by atoms with Gasteiger partial charge in [0.15, 0.2) is 0 Å². The highest BCUT2D eigenvalue weighted by molar-refractivity contribution is 6.17. The Labute approximate surface area is 101 Å². The van der Waals surface area contributed by atoms with Crippen molar-refractivity contribution in [3.8, 4) is 0 Å². The molecule has 0 spiro atoms. The van der Waals surface area contributed by atoms with E-state index in [9.17, 15) is 4.79 Å². The summed E-state index contributed by atoms with van der Waals surface area (Å²) in [6.07, 6.45) is 4.70. The Morgan fingerprint density at radius 2 is 1.88 bits per heavy atom. The van der Waals surface area contributed by atoms with Crippen molar-refractivity contribution >= 4 is 17.5 Å². The topological polar surface area (TPSA) is 29.1 Å². The Hall–Kier alpha value is -1.02. The lowest BCUT2D eigenvalue weighted by Crippen LogP contribution is -2.32. The van der Waals surface area contributed by atoms with Crippen molar-refractivity contribution in [1.29, 1.82) is 0 Å². The zero-order valence-electron chi connectivity index (χ0n) is 9.21. The summed E-state index contributed by atoms with van der Waals surface area (Å²) in [4.78, 5) is 11.9. The van der Waals surface area contributed by atoms with Gasteiger partial charge in [0.05, 0.1) is 0 Å². The van der Waals surface area contributed by atoms with Gasteiger partial charge in [-0.1, -0.05) is 25.0 Å². The molecule has 0 atom stereocenters. The van der Waals surface area contributed by atoms with Crippen LogP contribution < -0.4 is 5.32 Å². The third-order valence-corrected chi connectivity index (χ3v) is 3.37. The summed E-state index contributed by atoms with van der Waals surface area (Å²) in [7, 11) is 0. The molecule has 1 fully saturated rings. The first kappa shape index (κ1) is 11.5. The molecule has 1 amide bonds. The molecule has 2 nitrogen and oxygen atoms in total. The van der Waals surface area contributed by atoms with E-state index in [1.54, 1.807) is 0 Å². The first-order valence-corrected chi connectivity index (χ1v) is 6.29. The van der Waals surface area contributed by atoms with E-state index in [1.807, 2.05) is 24.3 Å². The van der Waals surface area contributed by atoms with Crippen LogP contribution in [0.4, 0.5) is 0 Å². The molecule has 1 N–H and O–H groups in total. The summed E-state index contributed by atoms with van der Waals surface area (Å²) in [5, 5.41) is 3.06. The van der Waals surface area contributed by atoms with Crippen molar-refractivity contribution in [3.05, 3.63) is 35.4 Å². The highest BCUT2D eigenvalue weighted by Crippen LogP contribution is 2.18. The van der Waals surface area contributed by atoms with Crippen LogP contribution in [0.2, 0.25) is 0 Å². The number of carbonyl (C=O) groups excluding carboxylic acids is 1. The maximum absolute atomic E-state index is 11.9. The number of hydrogen-bond acceptors (Lipinski definition) is 1. The van der Waals surface area contributed by atoms with Crippen molar-refractivity contribution in [2.45, 2.75) is 37.6 Å². The molecule has 86 valence electrons. The van der Waals surface area contributed by atoms with E-state index < -0.39 is 0 Å². The van der Waals surface area contributed by atoms with Crippen LogP contribution in [0, 0.1) is 0 Å². The Kier molecular flexibility index (Phi) is 3.83. The minimum atomic E-state index is 0.0352.